The molecule has 0 aromatic rings. The Morgan fingerprint density at radius 1 is 1.36 bits per heavy atom. The zero-order chi connectivity index (χ0) is 11.2. The first-order chi connectivity index (χ1) is 6.50. The van der Waals surface area contributed by atoms with Gasteiger partial charge in [-0.05, 0) is 12.2 Å². The lowest BCUT2D eigenvalue weighted by Crippen LogP contribution is -2.48. The van der Waals surface area contributed by atoms with Crippen molar-refractivity contribution in [2.24, 2.45) is 0 Å². The van der Waals surface area contributed by atoms with Crippen molar-refractivity contribution in [2.75, 3.05) is 32.9 Å². The molecule has 0 saturated heterocycles. The highest BCUT2D eigenvalue weighted by Gasteiger charge is 2.26. The Kier molecular flexibility index (Phi) is 6.79. The van der Waals surface area contributed by atoms with E-state index in [4.69, 9.17) is 32.6 Å². The number of hydrogen-bond acceptors (Lipinski definition) is 6. The van der Waals surface area contributed by atoms with Crippen molar-refractivity contribution in [1.82, 2.24) is 0 Å². The fourth-order valence-electron chi connectivity index (χ4n) is 0.536. The predicted octanol–water partition coefficient (Wildman–Crippen LogP) is -1.30. The molecule has 1 unspecified atom stereocenters. The molecule has 84 valence electrons. The first kappa shape index (κ1) is 14.2. The van der Waals surface area contributed by atoms with Crippen molar-refractivity contribution in [1.29, 1.82) is 0 Å². The first-order valence-electron chi connectivity index (χ1n) is 4.02. The number of thiocarbonyl (C=S) groups is 1. The van der Waals surface area contributed by atoms with Gasteiger partial charge in [-0.3, -0.25) is 0 Å². The summed E-state index contributed by atoms with van der Waals surface area (Å²) in [5.74, 6) is 0.253. The minimum Gasteiger partial charge on any atom is -0.394 e. The average Bonchev–Trinajstić information content (AvgIpc) is 2.23. The van der Waals surface area contributed by atoms with Gasteiger partial charge in [0.25, 0.3) is 0 Å². The average molecular weight is 242 g/mol. The molecule has 0 fully saturated rings. The number of nitrogens with zero attached hydrogens (tertiary/aromatic N) is 1. The molecule has 14 heavy (non-hydrogen) atoms. The van der Waals surface area contributed by atoms with Crippen LogP contribution in [0.4, 0.5) is 0 Å². The summed E-state index contributed by atoms with van der Waals surface area (Å²) in [7, 11) is 1.58. The third-order valence-corrected chi connectivity index (χ3v) is 3.71. The second-order valence-electron chi connectivity index (χ2n) is 3.09. The minimum atomic E-state index is -0.830. The van der Waals surface area contributed by atoms with Crippen LogP contribution >= 0.6 is 24.0 Å². The second-order valence-corrected chi connectivity index (χ2v) is 4.75. The summed E-state index contributed by atoms with van der Waals surface area (Å²) in [6.45, 7) is -0.910. The lowest BCUT2D eigenvalue weighted by molar-refractivity contribution is -0.855. The number of aliphatic hydroxyl groups is 4. The van der Waals surface area contributed by atoms with Gasteiger partial charge >= 0.3 is 0 Å². The highest BCUT2D eigenvalue weighted by molar-refractivity contribution is 8.22. The second kappa shape index (κ2) is 6.67. The molecule has 0 aromatic carbocycles. The summed E-state index contributed by atoms with van der Waals surface area (Å²) in [6, 6.07) is 0. The van der Waals surface area contributed by atoms with Crippen molar-refractivity contribution in [3.05, 3.63) is 0 Å². The fourth-order valence-corrected chi connectivity index (χ4v) is 1.72. The van der Waals surface area contributed by atoms with Crippen LogP contribution in [0.25, 0.3) is 0 Å². The minimum absolute atomic E-state index is 0.155. The maximum absolute atomic E-state index is 9.06. The number of quaternary nitrogens is 1. The molecule has 0 aliphatic heterocycles. The molecular weight excluding hydrogens is 226 g/mol. The molecule has 0 bridgehead atoms. The van der Waals surface area contributed by atoms with Gasteiger partial charge in [-0.2, -0.15) is 0 Å². The van der Waals surface area contributed by atoms with E-state index in [2.05, 4.69) is 0 Å². The zero-order valence-electron chi connectivity index (χ0n) is 7.96. The molecular formula is C7H16NO4S2+. The van der Waals surface area contributed by atoms with Gasteiger partial charge in [0.15, 0.2) is 13.5 Å². The van der Waals surface area contributed by atoms with Crippen molar-refractivity contribution >= 4 is 28.3 Å². The van der Waals surface area contributed by atoms with Crippen LogP contribution in [0, 0.1) is 0 Å². The lowest BCUT2D eigenvalue weighted by Gasteiger charge is -2.28. The normalized spacial score (nSPS) is 14.1. The molecule has 0 spiro atoms. The number of aliphatic hydroxyl groups excluding tert-OH is 4. The fraction of sp³-hybridized carbons (Fsp3) is 0.857. The van der Waals surface area contributed by atoms with E-state index in [0.29, 0.717) is 4.32 Å². The van der Waals surface area contributed by atoms with Crippen molar-refractivity contribution < 1.29 is 24.9 Å². The van der Waals surface area contributed by atoms with Crippen LogP contribution in [0.2, 0.25) is 0 Å². The Labute approximate surface area is 92.6 Å². The van der Waals surface area contributed by atoms with Crippen LogP contribution in [-0.4, -0.2) is 68.2 Å². The summed E-state index contributed by atoms with van der Waals surface area (Å²) < 4.78 is 0.223. The third kappa shape index (κ3) is 4.18. The van der Waals surface area contributed by atoms with Crippen LogP contribution in [0.15, 0.2) is 0 Å². The quantitative estimate of drug-likeness (QED) is 0.273. The van der Waals surface area contributed by atoms with Gasteiger partial charge < -0.3 is 20.4 Å². The highest BCUT2D eigenvalue weighted by Crippen LogP contribution is 2.15. The Bertz CT molecular complexity index is 187. The summed E-state index contributed by atoms with van der Waals surface area (Å²) in [6.07, 6.45) is -0.830. The molecule has 0 radical (unpaired) electrons. The molecule has 5 nitrogen and oxygen atoms in total. The van der Waals surface area contributed by atoms with Gasteiger partial charge in [-0.15, -0.1) is 0 Å². The SMILES string of the molecule is C[N+](CO)(CO)C(=S)SCC(O)CO. The van der Waals surface area contributed by atoms with E-state index >= 15 is 0 Å². The Balaban J connectivity index is 4.06. The van der Waals surface area contributed by atoms with E-state index < -0.39 is 6.10 Å². The summed E-state index contributed by atoms with van der Waals surface area (Å²) in [5.41, 5.74) is 0. The predicted molar refractivity (Wildman–Crippen MR) is 58.5 cm³/mol. The summed E-state index contributed by atoms with van der Waals surface area (Å²) in [5, 5.41) is 35.6. The molecule has 0 amide bonds. The van der Waals surface area contributed by atoms with Gasteiger partial charge in [-0.25, -0.2) is 4.48 Å². The summed E-state index contributed by atoms with van der Waals surface area (Å²) >= 11 is 6.11. The van der Waals surface area contributed by atoms with Gasteiger partial charge in [0.2, 0.25) is 4.32 Å². The number of hydrogen-bond donors (Lipinski definition) is 4. The smallest absolute Gasteiger partial charge is 0.237 e. The summed E-state index contributed by atoms with van der Waals surface area (Å²) in [4.78, 5) is 0. The maximum atomic E-state index is 9.06. The topological polar surface area (TPSA) is 80.9 Å². The van der Waals surface area contributed by atoms with Crippen molar-refractivity contribution in [3.8, 4) is 0 Å². The van der Waals surface area contributed by atoms with Gasteiger partial charge in [0, 0.05) is 5.75 Å². The molecule has 0 rings (SSSR count). The van der Waals surface area contributed by atoms with Crippen molar-refractivity contribution in [3.63, 3.8) is 0 Å². The van der Waals surface area contributed by atoms with Crippen molar-refractivity contribution in [2.45, 2.75) is 6.10 Å². The van der Waals surface area contributed by atoms with E-state index in [1.165, 1.54) is 0 Å². The van der Waals surface area contributed by atoms with Crippen LogP contribution < -0.4 is 0 Å². The zero-order valence-corrected chi connectivity index (χ0v) is 9.59. The van der Waals surface area contributed by atoms with E-state index in [1.807, 2.05) is 0 Å². The van der Waals surface area contributed by atoms with Crippen LogP contribution in [-0.2, 0) is 0 Å². The lowest BCUT2D eigenvalue weighted by atomic mass is 10.4. The number of thioether (sulfide) groups is 1. The largest absolute Gasteiger partial charge is 0.394 e. The Hall–Kier alpha value is 0.240. The van der Waals surface area contributed by atoms with Gasteiger partial charge in [0.1, 0.15) is 0 Å². The van der Waals surface area contributed by atoms with Crippen LogP contribution in [0.1, 0.15) is 0 Å². The molecule has 7 heteroatoms. The highest BCUT2D eigenvalue weighted by atomic mass is 32.2. The molecule has 0 aliphatic rings. The number of rotatable bonds is 5. The van der Waals surface area contributed by atoms with E-state index in [-0.39, 0.29) is 30.3 Å². The van der Waals surface area contributed by atoms with E-state index in [9.17, 15) is 0 Å². The molecule has 4 N–H and O–H groups in total. The molecule has 1 atom stereocenters. The van der Waals surface area contributed by atoms with E-state index in [1.54, 1.807) is 7.05 Å². The molecule has 0 heterocycles. The van der Waals surface area contributed by atoms with Crippen LogP contribution in [0.3, 0.4) is 0 Å². The Morgan fingerprint density at radius 2 is 1.86 bits per heavy atom. The first-order valence-corrected chi connectivity index (χ1v) is 5.42. The van der Waals surface area contributed by atoms with E-state index in [0.717, 1.165) is 11.8 Å². The monoisotopic (exact) mass is 242 g/mol. The van der Waals surface area contributed by atoms with Gasteiger partial charge in [0.05, 0.1) is 19.8 Å². The maximum Gasteiger partial charge on any atom is 0.237 e. The van der Waals surface area contributed by atoms with Crippen LogP contribution in [0.5, 0.6) is 0 Å². The molecule has 0 saturated carbocycles. The Morgan fingerprint density at radius 3 is 2.21 bits per heavy atom. The third-order valence-electron chi connectivity index (χ3n) is 1.67. The van der Waals surface area contributed by atoms with Gasteiger partial charge in [-0.1, -0.05) is 11.8 Å². The standard InChI is InChI=1S/C7H16NO4S2/c1-8(4-10,5-11)7(13)14-3-6(12)2-9/h6,9-12H,2-5H2,1H3/q+1. The molecule has 0 aromatic heterocycles. The molecule has 0 aliphatic carbocycles.